The Hall–Kier alpha value is -0.940. The Kier molecular flexibility index (Phi) is 4.72. The minimum atomic E-state index is -0.0633. The van der Waals surface area contributed by atoms with E-state index in [0.29, 0.717) is 6.04 Å². The maximum atomic E-state index is 11.5. The Bertz CT molecular complexity index is 405. The second-order valence-corrected chi connectivity index (χ2v) is 6.15. The van der Waals surface area contributed by atoms with Crippen LogP contribution in [0.3, 0.4) is 0 Å². The van der Waals surface area contributed by atoms with Gasteiger partial charge < -0.3 is 10.1 Å². The highest BCUT2D eigenvalue weighted by Crippen LogP contribution is 2.25. The molecular weight excluding hydrogens is 248 g/mol. The van der Waals surface area contributed by atoms with E-state index in [1.165, 1.54) is 12.0 Å². The van der Waals surface area contributed by atoms with Crippen LogP contribution in [0.25, 0.3) is 0 Å². The molecule has 0 radical (unpaired) electrons. The first-order valence-electron chi connectivity index (χ1n) is 6.41. The summed E-state index contributed by atoms with van der Waals surface area (Å²) in [4.78, 5) is 17.1. The minimum Gasteiger partial charge on any atom is -0.469 e. The highest BCUT2D eigenvalue weighted by molar-refractivity contribution is 7.11. The van der Waals surface area contributed by atoms with Crippen LogP contribution in [0.1, 0.15) is 35.6 Å². The number of aromatic nitrogens is 1. The number of aryl methyl sites for hydroxylation is 1. The summed E-state index contributed by atoms with van der Waals surface area (Å²) in [7, 11) is 1.47. The van der Waals surface area contributed by atoms with E-state index in [2.05, 4.69) is 17.2 Å². The quantitative estimate of drug-likeness (QED) is 0.851. The molecule has 0 bridgehead atoms. The van der Waals surface area contributed by atoms with E-state index >= 15 is 0 Å². The van der Waals surface area contributed by atoms with Crippen LogP contribution in [0.4, 0.5) is 0 Å². The lowest BCUT2D eigenvalue weighted by Gasteiger charge is -2.28. The predicted octanol–water partition coefficient (Wildman–Crippen LogP) is 2.27. The number of carbonyl (C=O) groups excluding carboxylic acids is 1. The molecule has 18 heavy (non-hydrogen) atoms. The number of hydrogen-bond donors (Lipinski definition) is 1. The third-order valence-corrected chi connectivity index (χ3v) is 4.33. The molecule has 1 aromatic rings. The largest absolute Gasteiger partial charge is 0.469 e. The Morgan fingerprint density at radius 3 is 3.11 bits per heavy atom. The number of rotatable bonds is 4. The SMILES string of the molecule is COC(=O)C1CCCC(NCc2ncc(C)s2)C1. The molecule has 2 unspecified atom stereocenters. The lowest BCUT2D eigenvalue weighted by molar-refractivity contribution is -0.146. The number of nitrogens with one attached hydrogen (secondary N) is 1. The molecule has 1 N–H and O–H groups in total. The first-order valence-corrected chi connectivity index (χ1v) is 7.23. The van der Waals surface area contributed by atoms with E-state index in [0.717, 1.165) is 37.2 Å². The number of carbonyl (C=O) groups is 1. The minimum absolute atomic E-state index is 0.0633. The molecule has 0 aromatic carbocycles. The van der Waals surface area contributed by atoms with Crippen LogP contribution in [-0.4, -0.2) is 24.1 Å². The van der Waals surface area contributed by atoms with Gasteiger partial charge in [0.2, 0.25) is 0 Å². The fourth-order valence-electron chi connectivity index (χ4n) is 2.47. The van der Waals surface area contributed by atoms with Gasteiger partial charge in [0.05, 0.1) is 13.0 Å². The van der Waals surface area contributed by atoms with Gasteiger partial charge in [-0.3, -0.25) is 4.79 Å². The summed E-state index contributed by atoms with van der Waals surface area (Å²) in [5, 5.41) is 4.62. The van der Waals surface area contributed by atoms with Crippen LogP contribution in [0.15, 0.2) is 6.20 Å². The van der Waals surface area contributed by atoms with Gasteiger partial charge in [-0.2, -0.15) is 0 Å². The van der Waals surface area contributed by atoms with E-state index in [1.54, 1.807) is 11.3 Å². The number of methoxy groups -OCH3 is 1. The third-order valence-electron chi connectivity index (χ3n) is 3.42. The summed E-state index contributed by atoms with van der Waals surface area (Å²) >= 11 is 1.72. The number of ether oxygens (including phenoxy) is 1. The number of esters is 1. The fraction of sp³-hybridized carbons (Fsp3) is 0.692. The second-order valence-electron chi connectivity index (χ2n) is 4.83. The average Bonchev–Trinajstić information content (AvgIpc) is 2.81. The lowest BCUT2D eigenvalue weighted by Crippen LogP contribution is -2.36. The fourth-order valence-corrected chi connectivity index (χ4v) is 3.21. The summed E-state index contributed by atoms with van der Waals surface area (Å²) in [6, 6.07) is 0.409. The van der Waals surface area contributed by atoms with Gasteiger partial charge in [-0.15, -0.1) is 11.3 Å². The molecule has 1 fully saturated rings. The summed E-state index contributed by atoms with van der Waals surface area (Å²) in [5.41, 5.74) is 0. The van der Waals surface area contributed by atoms with Crippen molar-refractivity contribution in [2.24, 2.45) is 5.92 Å². The maximum absolute atomic E-state index is 11.5. The molecule has 0 amide bonds. The predicted molar refractivity (Wildman–Crippen MR) is 71.5 cm³/mol. The Balaban J connectivity index is 1.80. The van der Waals surface area contributed by atoms with Crippen LogP contribution in [0.2, 0.25) is 0 Å². The van der Waals surface area contributed by atoms with Gasteiger partial charge in [-0.05, 0) is 26.2 Å². The van der Waals surface area contributed by atoms with Gasteiger partial charge >= 0.3 is 5.97 Å². The Morgan fingerprint density at radius 2 is 2.44 bits per heavy atom. The molecule has 1 aromatic heterocycles. The van der Waals surface area contributed by atoms with Crippen LogP contribution in [0, 0.1) is 12.8 Å². The molecule has 1 heterocycles. The highest BCUT2D eigenvalue weighted by atomic mass is 32.1. The average molecular weight is 268 g/mol. The number of nitrogens with zero attached hydrogens (tertiary/aromatic N) is 1. The van der Waals surface area contributed by atoms with Crippen molar-refractivity contribution < 1.29 is 9.53 Å². The molecule has 0 spiro atoms. The molecule has 2 atom stereocenters. The lowest BCUT2D eigenvalue weighted by atomic mass is 9.86. The van der Waals surface area contributed by atoms with Crippen molar-refractivity contribution in [3.05, 3.63) is 16.1 Å². The highest BCUT2D eigenvalue weighted by Gasteiger charge is 2.27. The molecule has 4 nitrogen and oxygen atoms in total. The van der Waals surface area contributed by atoms with Crippen molar-refractivity contribution in [1.29, 1.82) is 0 Å². The first kappa shape index (κ1) is 13.5. The summed E-state index contributed by atoms with van der Waals surface area (Å²) in [6.07, 6.45) is 5.98. The second kappa shape index (κ2) is 6.29. The summed E-state index contributed by atoms with van der Waals surface area (Å²) in [6.45, 7) is 2.87. The van der Waals surface area contributed by atoms with Crippen LogP contribution in [0.5, 0.6) is 0 Å². The van der Waals surface area contributed by atoms with E-state index in [-0.39, 0.29) is 11.9 Å². The molecule has 5 heteroatoms. The van der Waals surface area contributed by atoms with Crippen LogP contribution < -0.4 is 5.32 Å². The van der Waals surface area contributed by atoms with Crippen molar-refractivity contribution in [3.63, 3.8) is 0 Å². The Morgan fingerprint density at radius 1 is 1.61 bits per heavy atom. The van der Waals surface area contributed by atoms with E-state index in [9.17, 15) is 4.79 Å². The zero-order valence-electron chi connectivity index (χ0n) is 10.9. The smallest absolute Gasteiger partial charge is 0.308 e. The third kappa shape index (κ3) is 3.53. The van der Waals surface area contributed by atoms with Crippen molar-refractivity contribution >= 4 is 17.3 Å². The molecule has 1 saturated carbocycles. The summed E-state index contributed by atoms with van der Waals surface area (Å²) in [5.74, 6) is 0.00544. The zero-order valence-corrected chi connectivity index (χ0v) is 11.8. The maximum Gasteiger partial charge on any atom is 0.308 e. The zero-order chi connectivity index (χ0) is 13.0. The topological polar surface area (TPSA) is 51.2 Å². The number of hydrogen-bond acceptors (Lipinski definition) is 5. The van der Waals surface area contributed by atoms with Crippen molar-refractivity contribution in [2.45, 2.75) is 45.2 Å². The molecular formula is C13H20N2O2S. The standard InChI is InChI=1S/C13H20N2O2S/c1-9-7-15-12(18-9)8-14-11-5-3-4-10(6-11)13(16)17-2/h7,10-11,14H,3-6,8H2,1-2H3. The first-order chi connectivity index (χ1) is 8.69. The van der Waals surface area contributed by atoms with Gasteiger partial charge in [0, 0.05) is 23.7 Å². The molecule has 2 rings (SSSR count). The molecule has 1 aliphatic carbocycles. The van der Waals surface area contributed by atoms with Crippen molar-refractivity contribution in [1.82, 2.24) is 10.3 Å². The molecule has 1 aliphatic rings. The van der Waals surface area contributed by atoms with E-state index in [4.69, 9.17) is 4.74 Å². The van der Waals surface area contributed by atoms with Gasteiger partial charge in [0.1, 0.15) is 5.01 Å². The summed E-state index contributed by atoms with van der Waals surface area (Å²) < 4.78 is 4.83. The van der Waals surface area contributed by atoms with E-state index in [1.807, 2.05) is 6.20 Å². The van der Waals surface area contributed by atoms with Crippen LogP contribution >= 0.6 is 11.3 Å². The van der Waals surface area contributed by atoms with Gasteiger partial charge in [-0.1, -0.05) is 6.42 Å². The molecule has 100 valence electrons. The monoisotopic (exact) mass is 268 g/mol. The molecule has 0 saturated heterocycles. The molecule has 0 aliphatic heterocycles. The van der Waals surface area contributed by atoms with Gasteiger partial charge in [0.25, 0.3) is 0 Å². The van der Waals surface area contributed by atoms with Gasteiger partial charge in [-0.25, -0.2) is 4.98 Å². The Labute approximate surface area is 112 Å². The van der Waals surface area contributed by atoms with Gasteiger partial charge in [0.15, 0.2) is 0 Å². The van der Waals surface area contributed by atoms with Crippen molar-refractivity contribution in [3.8, 4) is 0 Å². The number of thiazole rings is 1. The van der Waals surface area contributed by atoms with Crippen LogP contribution in [-0.2, 0) is 16.1 Å². The van der Waals surface area contributed by atoms with Crippen molar-refractivity contribution in [2.75, 3.05) is 7.11 Å². The normalized spacial score (nSPS) is 23.9. The van der Waals surface area contributed by atoms with E-state index < -0.39 is 0 Å².